The van der Waals surface area contributed by atoms with Crippen LogP contribution in [0.25, 0.3) is 0 Å². The number of carbonyl (C=O) groups is 1. The minimum atomic E-state index is -0.745. The van der Waals surface area contributed by atoms with Gasteiger partial charge in [0.2, 0.25) is 0 Å². The summed E-state index contributed by atoms with van der Waals surface area (Å²) in [7, 11) is 0. The monoisotopic (exact) mass is 397 g/mol. The molecule has 1 heterocycles. The molecule has 1 saturated heterocycles. The molecule has 1 amide bonds. The largest absolute Gasteiger partial charge is 0.444 e. The lowest BCUT2D eigenvalue weighted by atomic mass is 9.88. The summed E-state index contributed by atoms with van der Waals surface area (Å²) in [5, 5.41) is 10.4. The highest BCUT2D eigenvalue weighted by molar-refractivity contribution is 5.70. The molecule has 2 atom stereocenters. The molecular formula is C24H31NO4. The van der Waals surface area contributed by atoms with E-state index in [2.05, 4.69) is 0 Å². The highest BCUT2D eigenvalue weighted by atomic mass is 16.6. The predicted molar refractivity (Wildman–Crippen MR) is 113 cm³/mol. The maximum absolute atomic E-state index is 13.0. The molecule has 5 heteroatoms. The standard InChI is InChI=1S/C24H31NO4/c1-23(2,3)29-22(27)25-16-21(28-17-20-12-8-5-9-13-20)15-24(25,18-26)14-19-10-6-4-7-11-19/h4-13,21,26H,14-18H2,1-3H3. The van der Waals surface area contributed by atoms with Gasteiger partial charge in [-0.05, 0) is 38.3 Å². The second kappa shape index (κ2) is 8.97. The van der Waals surface area contributed by atoms with Crippen molar-refractivity contribution in [3.63, 3.8) is 0 Å². The van der Waals surface area contributed by atoms with Crippen LogP contribution in [0.2, 0.25) is 0 Å². The lowest BCUT2D eigenvalue weighted by molar-refractivity contribution is -0.00525. The normalized spacial score (nSPS) is 21.9. The zero-order valence-corrected chi connectivity index (χ0v) is 17.5. The maximum Gasteiger partial charge on any atom is 0.410 e. The van der Waals surface area contributed by atoms with Crippen LogP contribution in [0.4, 0.5) is 4.79 Å². The Morgan fingerprint density at radius 3 is 2.21 bits per heavy atom. The van der Waals surface area contributed by atoms with E-state index in [0.29, 0.717) is 26.0 Å². The van der Waals surface area contributed by atoms with Crippen molar-refractivity contribution in [2.45, 2.75) is 57.5 Å². The first-order valence-corrected chi connectivity index (χ1v) is 10.1. The zero-order valence-electron chi connectivity index (χ0n) is 17.5. The van der Waals surface area contributed by atoms with Crippen molar-refractivity contribution in [3.05, 3.63) is 71.8 Å². The molecule has 2 aromatic rings. The third-order valence-corrected chi connectivity index (χ3v) is 5.18. The van der Waals surface area contributed by atoms with Crippen LogP contribution in [0.15, 0.2) is 60.7 Å². The number of rotatable bonds is 6. The molecular weight excluding hydrogens is 366 g/mol. The summed E-state index contributed by atoms with van der Waals surface area (Å²) in [5.41, 5.74) is 0.804. The van der Waals surface area contributed by atoms with Gasteiger partial charge in [0.1, 0.15) is 5.60 Å². The summed E-state index contributed by atoms with van der Waals surface area (Å²) in [6.07, 6.45) is 0.533. The molecule has 29 heavy (non-hydrogen) atoms. The fourth-order valence-corrected chi connectivity index (χ4v) is 3.83. The molecule has 5 nitrogen and oxygen atoms in total. The Morgan fingerprint density at radius 2 is 1.66 bits per heavy atom. The summed E-state index contributed by atoms with van der Waals surface area (Å²) in [5.74, 6) is 0. The van der Waals surface area contributed by atoms with Gasteiger partial charge < -0.3 is 14.6 Å². The lowest BCUT2D eigenvalue weighted by Gasteiger charge is -2.37. The number of aliphatic hydroxyl groups excluding tert-OH is 1. The molecule has 0 radical (unpaired) electrons. The number of carbonyl (C=O) groups excluding carboxylic acids is 1. The topological polar surface area (TPSA) is 59.0 Å². The summed E-state index contributed by atoms with van der Waals surface area (Å²) < 4.78 is 11.8. The fourth-order valence-electron chi connectivity index (χ4n) is 3.83. The molecule has 0 spiro atoms. The molecule has 1 N–H and O–H groups in total. The first-order valence-electron chi connectivity index (χ1n) is 10.1. The Morgan fingerprint density at radius 1 is 1.07 bits per heavy atom. The van der Waals surface area contributed by atoms with Crippen LogP contribution in [0.3, 0.4) is 0 Å². The number of ether oxygens (including phenoxy) is 2. The van der Waals surface area contributed by atoms with Gasteiger partial charge in [-0.2, -0.15) is 0 Å². The Balaban J connectivity index is 1.79. The average molecular weight is 398 g/mol. The summed E-state index contributed by atoms with van der Waals surface area (Å²) in [6, 6.07) is 19.9. The van der Waals surface area contributed by atoms with Crippen molar-refractivity contribution >= 4 is 6.09 Å². The van der Waals surface area contributed by atoms with E-state index >= 15 is 0 Å². The molecule has 0 aromatic heterocycles. The van der Waals surface area contributed by atoms with Crippen LogP contribution in [0.5, 0.6) is 0 Å². The number of hydrogen-bond acceptors (Lipinski definition) is 4. The predicted octanol–water partition coefficient (Wildman–Crippen LogP) is 4.19. The van der Waals surface area contributed by atoms with E-state index in [4.69, 9.17) is 9.47 Å². The molecule has 0 saturated carbocycles. The van der Waals surface area contributed by atoms with Gasteiger partial charge in [0.25, 0.3) is 0 Å². The van der Waals surface area contributed by atoms with Crippen molar-refractivity contribution < 1.29 is 19.4 Å². The minimum absolute atomic E-state index is 0.146. The Kier molecular flexibility index (Phi) is 6.60. The number of likely N-dealkylation sites (tertiary alicyclic amines) is 1. The van der Waals surface area contributed by atoms with Crippen molar-refractivity contribution in [2.75, 3.05) is 13.2 Å². The van der Waals surface area contributed by atoms with Gasteiger partial charge in [-0.25, -0.2) is 4.79 Å². The SMILES string of the molecule is CC(C)(C)OC(=O)N1CC(OCc2ccccc2)CC1(CO)Cc1ccccc1. The highest BCUT2D eigenvalue weighted by Gasteiger charge is 2.49. The first kappa shape index (κ1) is 21.3. The van der Waals surface area contributed by atoms with Gasteiger partial charge in [0, 0.05) is 6.42 Å². The van der Waals surface area contributed by atoms with Crippen molar-refractivity contribution in [2.24, 2.45) is 0 Å². The van der Waals surface area contributed by atoms with E-state index in [-0.39, 0.29) is 12.7 Å². The summed E-state index contributed by atoms with van der Waals surface area (Å²) in [6.45, 7) is 6.27. The number of hydrogen-bond donors (Lipinski definition) is 1. The van der Waals surface area contributed by atoms with Crippen molar-refractivity contribution in [3.8, 4) is 0 Å². The van der Waals surface area contributed by atoms with E-state index < -0.39 is 17.2 Å². The number of amides is 1. The van der Waals surface area contributed by atoms with E-state index in [1.54, 1.807) is 4.90 Å². The number of nitrogens with zero attached hydrogens (tertiary/aromatic N) is 1. The first-order chi connectivity index (χ1) is 13.8. The van der Waals surface area contributed by atoms with Gasteiger partial charge >= 0.3 is 6.09 Å². The van der Waals surface area contributed by atoms with Crippen LogP contribution in [0, 0.1) is 0 Å². The zero-order chi connectivity index (χ0) is 20.9. The van der Waals surface area contributed by atoms with Gasteiger partial charge in [-0.1, -0.05) is 60.7 Å². The van der Waals surface area contributed by atoms with Crippen LogP contribution in [-0.2, 0) is 22.5 Å². The summed E-state index contributed by atoms with van der Waals surface area (Å²) in [4.78, 5) is 14.7. The fraction of sp³-hybridized carbons (Fsp3) is 0.458. The Labute approximate surface area is 173 Å². The Bertz CT molecular complexity index is 788. The minimum Gasteiger partial charge on any atom is -0.444 e. The smallest absolute Gasteiger partial charge is 0.410 e. The summed E-state index contributed by atoms with van der Waals surface area (Å²) >= 11 is 0. The molecule has 2 aromatic carbocycles. The second-order valence-electron chi connectivity index (χ2n) is 8.76. The van der Waals surface area contributed by atoms with E-state index in [9.17, 15) is 9.90 Å². The third-order valence-electron chi connectivity index (χ3n) is 5.18. The quantitative estimate of drug-likeness (QED) is 0.794. The molecule has 3 rings (SSSR count). The van der Waals surface area contributed by atoms with E-state index in [1.807, 2.05) is 81.4 Å². The number of aliphatic hydroxyl groups is 1. The van der Waals surface area contributed by atoms with Gasteiger partial charge in [0.15, 0.2) is 0 Å². The third kappa shape index (κ3) is 5.58. The molecule has 2 unspecified atom stereocenters. The van der Waals surface area contributed by atoms with Crippen molar-refractivity contribution in [1.29, 1.82) is 0 Å². The van der Waals surface area contributed by atoms with Crippen LogP contribution in [0.1, 0.15) is 38.3 Å². The Hall–Kier alpha value is -2.37. The number of benzene rings is 2. The molecule has 156 valence electrons. The average Bonchev–Trinajstić information content (AvgIpc) is 3.06. The molecule has 1 fully saturated rings. The molecule has 1 aliphatic rings. The molecule has 1 aliphatic heterocycles. The second-order valence-corrected chi connectivity index (χ2v) is 8.76. The molecule has 0 bridgehead atoms. The molecule has 0 aliphatic carbocycles. The van der Waals surface area contributed by atoms with Gasteiger partial charge in [-0.3, -0.25) is 4.90 Å². The van der Waals surface area contributed by atoms with Crippen molar-refractivity contribution in [1.82, 2.24) is 4.90 Å². The van der Waals surface area contributed by atoms with E-state index in [1.165, 1.54) is 0 Å². The van der Waals surface area contributed by atoms with Crippen LogP contribution >= 0.6 is 0 Å². The van der Waals surface area contributed by atoms with Gasteiger partial charge in [-0.15, -0.1) is 0 Å². The van der Waals surface area contributed by atoms with Crippen LogP contribution < -0.4 is 0 Å². The lowest BCUT2D eigenvalue weighted by Crippen LogP contribution is -2.53. The van der Waals surface area contributed by atoms with Gasteiger partial charge in [0.05, 0.1) is 31.4 Å². The highest BCUT2D eigenvalue weighted by Crippen LogP contribution is 2.35. The van der Waals surface area contributed by atoms with E-state index in [0.717, 1.165) is 11.1 Å². The van der Waals surface area contributed by atoms with Crippen LogP contribution in [-0.4, -0.2) is 46.5 Å². The maximum atomic E-state index is 13.0.